The zero-order chi connectivity index (χ0) is 16.4. The Labute approximate surface area is 133 Å². The first-order valence-corrected chi connectivity index (χ1v) is 7.58. The van der Waals surface area contributed by atoms with E-state index in [1.807, 2.05) is 32.0 Å². The van der Waals surface area contributed by atoms with Gasteiger partial charge in [0.05, 0.1) is 0 Å². The van der Waals surface area contributed by atoms with Gasteiger partial charge in [0.1, 0.15) is 11.5 Å². The second-order valence-corrected chi connectivity index (χ2v) is 5.37. The van der Waals surface area contributed by atoms with Crippen molar-refractivity contribution < 1.29 is 4.79 Å². The molecule has 0 unspecified atom stereocenters. The second-order valence-electron chi connectivity index (χ2n) is 5.37. The van der Waals surface area contributed by atoms with E-state index in [1.54, 1.807) is 13.1 Å². The quantitative estimate of drug-likeness (QED) is 0.448. The number of hydrogen-bond donors (Lipinski definition) is 1. The minimum atomic E-state index is 0.252. The Morgan fingerprint density at radius 2 is 2.09 bits per heavy atom. The van der Waals surface area contributed by atoms with Crippen LogP contribution in [0.1, 0.15) is 52.1 Å². The highest BCUT2D eigenvalue weighted by Crippen LogP contribution is 2.07. The molecule has 1 rings (SSSR count). The van der Waals surface area contributed by atoms with E-state index in [2.05, 4.69) is 27.9 Å². The summed E-state index contributed by atoms with van der Waals surface area (Å²) in [5.74, 6) is 0.951. The molecule has 0 aliphatic carbocycles. The first-order chi connectivity index (χ1) is 10.5. The van der Waals surface area contributed by atoms with Crippen molar-refractivity contribution in [3.63, 3.8) is 0 Å². The molecule has 1 N–H and O–H groups in total. The molecule has 0 atom stereocenters. The number of aromatic nitrogens is 1. The fourth-order valence-corrected chi connectivity index (χ4v) is 1.91. The lowest BCUT2D eigenvalue weighted by Crippen LogP contribution is -2.23. The van der Waals surface area contributed by atoms with Gasteiger partial charge >= 0.3 is 0 Å². The Morgan fingerprint density at radius 3 is 2.68 bits per heavy atom. The predicted octanol–water partition coefficient (Wildman–Crippen LogP) is 4.00. The first kappa shape index (κ1) is 17.8. The number of rotatable bonds is 8. The molecular formula is C18H25N3O. The third kappa shape index (κ3) is 7.53. The first-order valence-electron chi connectivity index (χ1n) is 7.58. The molecule has 118 valence electrons. The summed E-state index contributed by atoms with van der Waals surface area (Å²) in [6.07, 6.45) is 7.34. The van der Waals surface area contributed by atoms with Crippen molar-refractivity contribution in [2.45, 2.75) is 46.5 Å². The molecule has 0 aliphatic heterocycles. The molecule has 0 saturated carbocycles. The number of unbranched alkanes of at least 4 members (excludes halogenated alkanes) is 2. The van der Waals surface area contributed by atoms with Crippen molar-refractivity contribution >= 4 is 11.6 Å². The summed E-state index contributed by atoms with van der Waals surface area (Å²) in [7, 11) is 0. The van der Waals surface area contributed by atoms with Crippen LogP contribution in [0.5, 0.6) is 0 Å². The van der Waals surface area contributed by atoms with Crippen LogP contribution in [0.4, 0.5) is 0 Å². The van der Waals surface area contributed by atoms with Crippen molar-refractivity contribution in [1.82, 2.24) is 10.3 Å². The molecule has 0 spiro atoms. The van der Waals surface area contributed by atoms with E-state index in [0.717, 1.165) is 36.4 Å². The number of ketones is 1. The van der Waals surface area contributed by atoms with Crippen LogP contribution in [0.25, 0.3) is 0 Å². The molecule has 1 heterocycles. The molecule has 0 fully saturated rings. The smallest absolute Gasteiger partial charge is 0.156 e. The van der Waals surface area contributed by atoms with Crippen molar-refractivity contribution in [1.29, 1.82) is 0 Å². The fraction of sp³-hybridized carbons (Fsp3) is 0.389. The van der Waals surface area contributed by atoms with Gasteiger partial charge in [-0.05, 0) is 52.2 Å². The van der Waals surface area contributed by atoms with E-state index >= 15 is 0 Å². The monoisotopic (exact) mass is 299 g/mol. The van der Waals surface area contributed by atoms with Gasteiger partial charge in [0.15, 0.2) is 5.84 Å². The summed E-state index contributed by atoms with van der Waals surface area (Å²) in [6, 6.07) is 5.72. The molecule has 0 aromatic carbocycles. The Morgan fingerprint density at radius 1 is 1.32 bits per heavy atom. The maximum Gasteiger partial charge on any atom is 0.156 e. The third-order valence-electron chi connectivity index (χ3n) is 2.95. The summed E-state index contributed by atoms with van der Waals surface area (Å²) in [5, 5.41) is 3.15. The van der Waals surface area contributed by atoms with Crippen molar-refractivity contribution in [3.8, 4) is 0 Å². The van der Waals surface area contributed by atoms with Gasteiger partial charge < -0.3 is 10.1 Å². The molecule has 0 aliphatic rings. The lowest BCUT2D eigenvalue weighted by atomic mass is 10.1. The Hall–Kier alpha value is -2.23. The SMILES string of the molecule is C=C(C)NC(=N/C(C)=C\CCCCC(C)=O)c1ccccn1. The van der Waals surface area contributed by atoms with E-state index in [-0.39, 0.29) is 5.78 Å². The number of Topliss-reactive ketones (excluding diaryl/α,β-unsaturated/α-hetero) is 1. The van der Waals surface area contributed by atoms with Crippen LogP contribution < -0.4 is 5.32 Å². The van der Waals surface area contributed by atoms with Crippen LogP contribution >= 0.6 is 0 Å². The highest BCUT2D eigenvalue weighted by Gasteiger charge is 2.04. The topological polar surface area (TPSA) is 54.4 Å². The second kappa shape index (κ2) is 9.66. The lowest BCUT2D eigenvalue weighted by molar-refractivity contribution is -0.117. The van der Waals surface area contributed by atoms with E-state index in [4.69, 9.17) is 0 Å². The standard InChI is InChI=1S/C18H25N3O/c1-14(2)20-18(17-12-8-9-13-19-17)21-15(3)10-6-5-7-11-16(4)22/h8-10,12-13H,1,5-7,11H2,2-4H3,(H,20,21)/b15-10-. The Kier molecular flexibility index (Phi) is 7.83. The van der Waals surface area contributed by atoms with Crippen LogP contribution in [0.3, 0.4) is 0 Å². The summed E-state index contributed by atoms with van der Waals surface area (Å²) in [6.45, 7) is 9.35. The third-order valence-corrected chi connectivity index (χ3v) is 2.95. The van der Waals surface area contributed by atoms with Crippen molar-refractivity contribution in [2.24, 2.45) is 4.99 Å². The fourth-order valence-electron chi connectivity index (χ4n) is 1.91. The number of pyridine rings is 1. The average Bonchev–Trinajstić information content (AvgIpc) is 2.46. The maximum absolute atomic E-state index is 10.9. The number of carbonyl (C=O) groups excluding carboxylic acids is 1. The summed E-state index contributed by atoms with van der Waals surface area (Å²) >= 11 is 0. The zero-order valence-electron chi connectivity index (χ0n) is 13.7. The molecule has 0 amide bonds. The molecule has 4 heteroatoms. The molecule has 1 aromatic heterocycles. The van der Waals surface area contributed by atoms with Crippen LogP contribution in [0.15, 0.2) is 53.4 Å². The van der Waals surface area contributed by atoms with E-state index in [0.29, 0.717) is 12.3 Å². The highest BCUT2D eigenvalue weighted by atomic mass is 16.1. The predicted molar refractivity (Wildman–Crippen MR) is 91.6 cm³/mol. The van der Waals surface area contributed by atoms with Crippen LogP contribution in [-0.2, 0) is 4.79 Å². The molecule has 1 aromatic rings. The largest absolute Gasteiger partial charge is 0.343 e. The molecule has 0 saturated heterocycles. The number of aliphatic imine (C=N–C) groups is 1. The maximum atomic E-state index is 10.9. The summed E-state index contributed by atoms with van der Waals surface area (Å²) in [4.78, 5) is 19.8. The number of nitrogens with one attached hydrogen (secondary N) is 1. The number of hydrogen-bond acceptors (Lipinski definition) is 3. The van der Waals surface area contributed by atoms with E-state index in [9.17, 15) is 4.79 Å². The van der Waals surface area contributed by atoms with Crippen LogP contribution in [-0.4, -0.2) is 16.6 Å². The zero-order valence-corrected chi connectivity index (χ0v) is 13.7. The number of nitrogens with zero attached hydrogens (tertiary/aromatic N) is 2. The molecule has 4 nitrogen and oxygen atoms in total. The van der Waals surface area contributed by atoms with Gasteiger partial charge in [-0.2, -0.15) is 0 Å². The molecule has 0 bridgehead atoms. The van der Waals surface area contributed by atoms with Gasteiger partial charge in [-0.25, -0.2) is 4.99 Å². The van der Waals surface area contributed by atoms with Gasteiger partial charge in [-0.1, -0.05) is 18.7 Å². The molecular weight excluding hydrogens is 274 g/mol. The van der Waals surface area contributed by atoms with E-state index in [1.165, 1.54) is 0 Å². The highest BCUT2D eigenvalue weighted by molar-refractivity contribution is 5.98. The Bertz CT molecular complexity index is 559. The number of amidine groups is 1. The summed E-state index contributed by atoms with van der Waals surface area (Å²) in [5.41, 5.74) is 2.53. The minimum Gasteiger partial charge on any atom is -0.343 e. The number of allylic oxidation sites excluding steroid dienone is 3. The molecule has 22 heavy (non-hydrogen) atoms. The van der Waals surface area contributed by atoms with Crippen LogP contribution in [0.2, 0.25) is 0 Å². The van der Waals surface area contributed by atoms with E-state index < -0.39 is 0 Å². The summed E-state index contributed by atoms with van der Waals surface area (Å²) < 4.78 is 0. The minimum absolute atomic E-state index is 0.252. The van der Waals surface area contributed by atoms with Crippen LogP contribution in [0, 0.1) is 0 Å². The van der Waals surface area contributed by atoms with Gasteiger partial charge in [0, 0.05) is 24.0 Å². The van der Waals surface area contributed by atoms with Crippen molar-refractivity contribution in [3.05, 3.63) is 54.1 Å². The molecule has 0 radical (unpaired) electrons. The number of carbonyl (C=O) groups is 1. The van der Waals surface area contributed by atoms with Gasteiger partial charge in [0.25, 0.3) is 0 Å². The Balaban J connectivity index is 2.70. The average molecular weight is 299 g/mol. The normalized spacial score (nSPS) is 12.1. The van der Waals surface area contributed by atoms with Gasteiger partial charge in [-0.15, -0.1) is 0 Å². The van der Waals surface area contributed by atoms with Gasteiger partial charge in [0.2, 0.25) is 0 Å². The van der Waals surface area contributed by atoms with Gasteiger partial charge in [-0.3, -0.25) is 4.98 Å². The van der Waals surface area contributed by atoms with Crippen molar-refractivity contribution in [2.75, 3.05) is 0 Å². The lowest BCUT2D eigenvalue weighted by Gasteiger charge is -2.09.